The lowest BCUT2D eigenvalue weighted by Crippen LogP contribution is -2.26. The molecule has 30 heavy (non-hydrogen) atoms. The number of carbonyl (C=O) groups excluding carboxylic acids is 1. The molecule has 0 saturated heterocycles. The van der Waals surface area contributed by atoms with E-state index >= 15 is 0 Å². The van der Waals surface area contributed by atoms with Crippen LogP contribution in [0, 0.1) is 0 Å². The van der Waals surface area contributed by atoms with Crippen LogP contribution in [0.3, 0.4) is 0 Å². The zero-order valence-corrected chi connectivity index (χ0v) is 17.3. The first-order valence-electron chi connectivity index (χ1n) is 9.62. The maximum atomic E-state index is 12.6. The van der Waals surface area contributed by atoms with E-state index < -0.39 is 0 Å². The summed E-state index contributed by atoms with van der Waals surface area (Å²) in [6, 6.07) is 21.3. The van der Waals surface area contributed by atoms with Crippen LogP contribution in [0.4, 0.5) is 0 Å². The van der Waals surface area contributed by atoms with Gasteiger partial charge in [-0.3, -0.25) is 9.78 Å². The quantitative estimate of drug-likeness (QED) is 0.446. The van der Waals surface area contributed by atoms with Gasteiger partial charge in [0.1, 0.15) is 23.1 Å². The van der Waals surface area contributed by atoms with E-state index in [0.717, 1.165) is 27.4 Å². The predicted molar refractivity (Wildman–Crippen MR) is 118 cm³/mol. The third-order valence-corrected chi connectivity index (χ3v) is 5.50. The van der Waals surface area contributed by atoms with Crippen molar-refractivity contribution in [2.24, 2.45) is 0 Å². The van der Waals surface area contributed by atoms with Gasteiger partial charge in [0, 0.05) is 28.9 Å². The Kier molecular flexibility index (Phi) is 6.15. The number of rotatable bonds is 7. The Morgan fingerprint density at radius 1 is 1.07 bits per heavy atom. The molecule has 4 rings (SSSR count). The molecule has 1 amide bonds. The number of thiazole rings is 1. The first kappa shape index (κ1) is 19.8. The van der Waals surface area contributed by atoms with Crippen LogP contribution >= 0.6 is 11.3 Å². The number of hydrogen-bond donors (Lipinski definition) is 1. The Balaban J connectivity index is 1.35. The maximum absolute atomic E-state index is 12.6. The molecule has 0 aliphatic carbocycles. The minimum atomic E-state index is -0.183. The van der Waals surface area contributed by atoms with Gasteiger partial charge in [-0.05, 0) is 30.7 Å². The Hall–Kier alpha value is -3.51. The largest absolute Gasteiger partial charge is 0.489 e. The van der Waals surface area contributed by atoms with E-state index in [1.165, 1.54) is 11.3 Å². The predicted octanol–water partition coefficient (Wildman–Crippen LogP) is 5.28. The summed E-state index contributed by atoms with van der Waals surface area (Å²) in [5.74, 6) is 0.589. The smallest absolute Gasteiger partial charge is 0.271 e. The molecule has 2 aromatic heterocycles. The van der Waals surface area contributed by atoms with Gasteiger partial charge in [-0.2, -0.15) is 0 Å². The number of nitrogens with one attached hydrogen (secondary N) is 1. The van der Waals surface area contributed by atoms with Gasteiger partial charge < -0.3 is 10.1 Å². The number of aromatic nitrogens is 2. The van der Waals surface area contributed by atoms with Crippen molar-refractivity contribution >= 4 is 17.2 Å². The van der Waals surface area contributed by atoms with Gasteiger partial charge in [-0.1, -0.05) is 48.5 Å². The summed E-state index contributed by atoms with van der Waals surface area (Å²) in [4.78, 5) is 21.2. The molecule has 0 aliphatic heterocycles. The van der Waals surface area contributed by atoms with Crippen LogP contribution in [0.2, 0.25) is 0 Å². The van der Waals surface area contributed by atoms with Crippen molar-refractivity contribution in [3.63, 3.8) is 0 Å². The summed E-state index contributed by atoms with van der Waals surface area (Å²) in [6.07, 6.45) is 3.52. The van der Waals surface area contributed by atoms with Gasteiger partial charge in [-0.15, -0.1) is 11.3 Å². The molecular weight excluding hydrogens is 394 g/mol. The maximum Gasteiger partial charge on any atom is 0.271 e. The van der Waals surface area contributed by atoms with E-state index in [9.17, 15) is 4.79 Å². The summed E-state index contributed by atoms with van der Waals surface area (Å²) in [5.41, 5.74) is 3.45. The first-order valence-corrected chi connectivity index (χ1v) is 10.5. The minimum absolute atomic E-state index is 0.147. The van der Waals surface area contributed by atoms with Crippen molar-refractivity contribution in [2.75, 3.05) is 0 Å². The van der Waals surface area contributed by atoms with E-state index in [1.807, 2.05) is 73.7 Å². The van der Waals surface area contributed by atoms with Crippen molar-refractivity contribution in [2.45, 2.75) is 19.6 Å². The van der Waals surface area contributed by atoms with Crippen molar-refractivity contribution in [3.8, 4) is 16.3 Å². The van der Waals surface area contributed by atoms with Crippen LogP contribution in [0.25, 0.3) is 10.6 Å². The van der Waals surface area contributed by atoms with Crippen LogP contribution in [0.1, 0.15) is 34.6 Å². The molecule has 1 atom stereocenters. The Labute approximate surface area is 179 Å². The molecule has 2 heterocycles. The second kappa shape index (κ2) is 9.33. The number of pyridine rings is 1. The van der Waals surface area contributed by atoms with Crippen LogP contribution in [0.15, 0.2) is 84.5 Å². The summed E-state index contributed by atoms with van der Waals surface area (Å²) in [5, 5.41) is 5.64. The molecule has 2 aromatic carbocycles. The lowest BCUT2D eigenvalue weighted by Gasteiger charge is -2.14. The molecular formula is C24H21N3O2S. The van der Waals surface area contributed by atoms with E-state index in [-0.39, 0.29) is 11.9 Å². The average Bonchev–Trinajstić information content (AvgIpc) is 3.30. The molecule has 0 spiro atoms. The van der Waals surface area contributed by atoms with Crippen molar-refractivity contribution in [1.82, 2.24) is 15.3 Å². The fourth-order valence-electron chi connectivity index (χ4n) is 2.95. The van der Waals surface area contributed by atoms with Gasteiger partial charge in [0.15, 0.2) is 0 Å². The zero-order chi connectivity index (χ0) is 20.8. The second-order valence-electron chi connectivity index (χ2n) is 6.82. The summed E-state index contributed by atoms with van der Waals surface area (Å²) < 4.78 is 5.79. The topological polar surface area (TPSA) is 64.1 Å². The van der Waals surface area contributed by atoms with Gasteiger partial charge in [0.05, 0.1) is 6.04 Å². The summed E-state index contributed by atoms with van der Waals surface area (Å²) in [7, 11) is 0. The number of carbonyl (C=O) groups is 1. The average molecular weight is 416 g/mol. The molecule has 0 saturated carbocycles. The monoisotopic (exact) mass is 415 g/mol. The van der Waals surface area contributed by atoms with Crippen LogP contribution in [-0.4, -0.2) is 15.9 Å². The van der Waals surface area contributed by atoms with Crippen LogP contribution < -0.4 is 10.1 Å². The third-order valence-electron chi connectivity index (χ3n) is 4.61. The normalized spacial score (nSPS) is 11.6. The number of benzene rings is 2. The highest BCUT2D eigenvalue weighted by Gasteiger charge is 2.15. The minimum Gasteiger partial charge on any atom is -0.489 e. The van der Waals surface area contributed by atoms with Crippen LogP contribution in [-0.2, 0) is 6.61 Å². The molecule has 0 bridgehead atoms. The lowest BCUT2D eigenvalue weighted by atomic mass is 10.1. The van der Waals surface area contributed by atoms with E-state index in [2.05, 4.69) is 15.3 Å². The van der Waals surface area contributed by atoms with E-state index in [0.29, 0.717) is 12.3 Å². The number of amides is 1. The van der Waals surface area contributed by atoms with Crippen LogP contribution in [0.5, 0.6) is 5.75 Å². The van der Waals surface area contributed by atoms with Gasteiger partial charge >= 0.3 is 0 Å². The molecule has 6 heteroatoms. The summed E-state index contributed by atoms with van der Waals surface area (Å²) >= 11 is 1.47. The third kappa shape index (κ3) is 4.90. The number of ether oxygens (including phenoxy) is 1. The molecule has 4 aromatic rings. The summed E-state index contributed by atoms with van der Waals surface area (Å²) in [6.45, 7) is 2.42. The number of hydrogen-bond acceptors (Lipinski definition) is 5. The fourth-order valence-corrected chi connectivity index (χ4v) is 3.75. The highest BCUT2D eigenvalue weighted by molar-refractivity contribution is 7.13. The molecule has 1 N–H and O–H groups in total. The SMILES string of the molecule is CC(NC(=O)c1csc(-c2ccccc2)n1)c1ccc(OCc2cccnc2)cc1. The lowest BCUT2D eigenvalue weighted by molar-refractivity contribution is 0.0935. The van der Waals surface area contributed by atoms with Crippen molar-refractivity contribution in [1.29, 1.82) is 0 Å². The second-order valence-corrected chi connectivity index (χ2v) is 7.68. The fraction of sp³-hybridized carbons (Fsp3) is 0.125. The molecule has 0 fully saturated rings. The Morgan fingerprint density at radius 3 is 2.60 bits per heavy atom. The van der Waals surface area contributed by atoms with E-state index in [4.69, 9.17) is 4.74 Å². The van der Waals surface area contributed by atoms with Gasteiger partial charge in [0.25, 0.3) is 5.91 Å². The molecule has 0 aliphatic rings. The zero-order valence-electron chi connectivity index (χ0n) is 16.5. The van der Waals surface area contributed by atoms with E-state index in [1.54, 1.807) is 17.8 Å². The Morgan fingerprint density at radius 2 is 1.87 bits per heavy atom. The first-order chi connectivity index (χ1) is 14.7. The molecule has 0 radical (unpaired) electrons. The standard InChI is InChI=1S/C24H21N3O2S/c1-17(19-9-11-21(12-10-19)29-15-18-6-5-13-25-14-18)26-23(28)22-16-30-24(27-22)20-7-3-2-4-8-20/h2-14,16-17H,15H2,1H3,(H,26,28). The number of nitrogens with zero attached hydrogens (tertiary/aromatic N) is 2. The van der Waals surface area contributed by atoms with Gasteiger partial charge in [-0.25, -0.2) is 4.98 Å². The van der Waals surface area contributed by atoms with Crippen molar-refractivity contribution in [3.05, 3.63) is 101 Å². The van der Waals surface area contributed by atoms with Gasteiger partial charge in [0.2, 0.25) is 0 Å². The molecule has 5 nitrogen and oxygen atoms in total. The van der Waals surface area contributed by atoms with Crippen molar-refractivity contribution < 1.29 is 9.53 Å². The highest BCUT2D eigenvalue weighted by Crippen LogP contribution is 2.24. The highest BCUT2D eigenvalue weighted by atomic mass is 32.1. The molecule has 1 unspecified atom stereocenters. The Bertz CT molecular complexity index is 1100. The molecule has 150 valence electrons.